The summed E-state index contributed by atoms with van der Waals surface area (Å²) in [6.07, 6.45) is 1.78. The lowest BCUT2D eigenvalue weighted by atomic mass is 10.1. The normalized spacial score (nSPS) is 15.3. The van der Waals surface area contributed by atoms with Crippen LogP contribution >= 0.6 is 0 Å². The van der Waals surface area contributed by atoms with Crippen molar-refractivity contribution in [3.63, 3.8) is 0 Å². The van der Waals surface area contributed by atoms with Crippen molar-refractivity contribution in [3.8, 4) is 11.5 Å². The van der Waals surface area contributed by atoms with Crippen LogP contribution in [0.5, 0.6) is 11.5 Å². The Balaban J connectivity index is 1.45. The van der Waals surface area contributed by atoms with Gasteiger partial charge in [0, 0.05) is 13.1 Å². The molecule has 0 spiro atoms. The second-order valence-electron chi connectivity index (χ2n) is 7.98. The molecule has 3 rings (SSSR count). The van der Waals surface area contributed by atoms with Gasteiger partial charge in [-0.3, -0.25) is 4.79 Å². The van der Waals surface area contributed by atoms with Crippen LogP contribution in [-0.2, 0) is 14.8 Å². The van der Waals surface area contributed by atoms with Crippen LogP contribution in [0, 0.1) is 13.8 Å². The van der Waals surface area contributed by atoms with Crippen molar-refractivity contribution >= 4 is 15.9 Å². The van der Waals surface area contributed by atoms with E-state index in [1.165, 1.54) is 9.87 Å². The monoisotopic (exact) mass is 460 g/mol. The van der Waals surface area contributed by atoms with Gasteiger partial charge in [0.2, 0.25) is 10.0 Å². The van der Waals surface area contributed by atoms with Crippen LogP contribution < -0.4 is 14.8 Å². The molecule has 0 aromatic heterocycles. The molecular weight excluding hydrogens is 428 g/mol. The molecule has 1 aliphatic rings. The average molecular weight is 461 g/mol. The molecule has 2 aromatic carbocycles. The molecule has 1 amide bonds. The molecule has 0 unspecified atom stereocenters. The van der Waals surface area contributed by atoms with Gasteiger partial charge in [0.15, 0.2) is 6.10 Å². The molecule has 1 heterocycles. The van der Waals surface area contributed by atoms with Gasteiger partial charge < -0.3 is 14.8 Å². The van der Waals surface area contributed by atoms with E-state index in [0.717, 1.165) is 18.4 Å². The maximum Gasteiger partial charge on any atom is 0.261 e. The van der Waals surface area contributed by atoms with E-state index in [1.54, 1.807) is 24.3 Å². The third-order valence-electron chi connectivity index (χ3n) is 5.62. The molecule has 1 atom stereocenters. The second-order valence-corrected chi connectivity index (χ2v) is 9.92. The molecule has 0 aliphatic carbocycles. The van der Waals surface area contributed by atoms with Crippen molar-refractivity contribution < 1.29 is 22.7 Å². The highest BCUT2D eigenvalue weighted by molar-refractivity contribution is 7.89. The third kappa shape index (κ3) is 6.01. The molecule has 1 fully saturated rings. The summed E-state index contributed by atoms with van der Waals surface area (Å²) in [6, 6.07) is 12.2. The molecule has 0 bridgehead atoms. The summed E-state index contributed by atoms with van der Waals surface area (Å²) >= 11 is 0. The zero-order chi connectivity index (χ0) is 23.1. The Morgan fingerprint density at radius 3 is 2.31 bits per heavy atom. The van der Waals surface area contributed by atoms with Gasteiger partial charge in [-0.1, -0.05) is 13.0 Å². The SMILES string of the molecule is CC[C@H](Oc1ccc(C)c(C)c1)C(=O)NCCOc1ccc(S(=O)(=O)N2CCCC2)cc1. The largest absolute Gasteiger partial charge is 0.492 e. The predicted octanol–water partition coefficient (Wildman–Crippen LogP) is 3.44. The molecular formula is C24H32N2O5S. The van der Waals surface area contributed by atoms with E-state index in [9.17, 15) is 13.2 Å². The van der Waals surface area contributed by atoms with Crippen molar-refractivity contribution in [1.82, 2.24) is 9.62 Å². The van der Waals surface area contributed by atoms with Crippen LogP contribution in [0.4, 0.5) is 0 Å². The molecule has 8 heteroatoms. The smallest absolute Gasteiger partial charge is 0.261 e. The lowest BCUT2D eigenvalue weighted by Crippen LogP contribution is -2.39. The van der Waals surface area contributed by atoms with Crippen LogP contribution in [-0.4, -0.2) is 51.0 Å². The zero-order valence-corrected chi connectivity index (χ0v) is 19.8. The first-order valence-electron chi connectivity index (χ1n) is 11.1. The lowest BCUT2D eigenvalue weighted by molar-refractivity contribution is -0.128. The number of aryl methyl sites for hydroxylation is 2. The van der Waals surface area contributed by atoms with Crippen molar-refractivity contribution in [2.24, 2.45) is 0 Å². The number of hydrogen-bond donors (Lipinski definition) is 1. The van der Waals surface area contributed by atoms with Crippen LogP contribution in [0.1, 0.15) is 37.3 Å². The van der Waals surface area contributed by atoms with Crippen molar-refractivity contribution in [2.75, 3.05) is 26.2 Å². The maximum absolute atomic E-state index is 12.6. The number of nitrogens with one attached hydrogen (secondary N) is 1. The van der Waals surface area contributed by atoms with Gasteiger partial charge in [-0.05, 0) is 80.6 Å². The number of hydrogen-bond acceptors (Lipinski definition) is 5. The minimum atomic E-state index is -3.43. The Labute approximate surface area is 190 Å². The van der Waals surface area contributed by atoms with Gasteiger partial charge in [-0.25, -0.2) is 8.42 Å². The summed E-state index contributed by atoms with van der Waals surface area (Å²) < 4.78 is 38.1. The van der Waals surface area contributed by atoms with Crippen LogP contribution in [0.25, 0.3) is 0 Å². The van der Waals surface area contributed by atoms with Crippen LogP contribution in [0.15, 0.2) is 47.4 Å². The summed E-state index contributed by atoms with van der Waals surface area (Å²) in [5, 5.41) is 2.83. The number of carbonyl (C=O) groups excluding carboxylic acids is 1. The van der Waals surface area contributed by atoms with Crippen molar-refractivity contribution in [2.45, 2.75) is 51.0 Å². The molecule has 1 aliphatic heterocycles. The van der Waals surface area contributed by atoms with Crippen LogP contribution in [0.3, 0.4) is 0 Å². The van der Waals surface area contributed by atoms with E-state index in [-0.39, 0.29) is 17.4 Å². The van der Waals surface area contributed by atoms with E-state index >= 15 is 0 Å². The van der Waals surface area contributed by atoms with E-state index in [0.29, 0.717) is 37.6 Å². The number of nitrogens with zero attached hydrogens (tertiary/aromatic N) is 1. The summed E-state index contributed by atoms with van der Waals surface area (Å²) in [5.41, 5.74) is 2.29. The number of amides is 1. The van der Waals surface area contributed by atoms with E-state index < -0.39 is 16.1 Å². The van der Waals surface area contributed by atoms with E-state index in [4.69, 9.17) is 9.47 Å². The molecule has 1 N–H and O–H groups in total. The summed E-state index contributed by atoms with van der Waals surface area (Å²) in [5.74, 6) is 1.04. The zero-order valence-electron chi connectivity index (χ0n) is 19.0. The highest BCUT2D eigenvalue weighted by Gasteiger charge is 2.27. The van der Waals surface area contributed by atoms with Crippen LogP contribution in [0.2, 0.25) is 0 Å². The molecule has 0 radical (unpaired) electrons. The Morgan fingerprint density at radius 2 is 1.69 bits per heavy atom. The molecule has 174 valence electrons. The van der Waals surface area contributed by atoms with Gasteiger partial charge in [-0.2, -0.15) is 4.31 Å². The fourth-order valence-electron chi connectivity index (χ4n) is 3.52. The quantitative estimate of drug-likeness (QED) is 0.549. The fourth-order valence-corrected chi connectivity index (χ4v) is 5.03. The van der Waals surface area contributed by atoms with Gasteiger partial charge in [0.1, 0.15) is 18.1 Å². The van der Waals surface area contributed by atoms with Crippen molar-refractivity contribution in [1.29, 1.82) is 0 Å². The molecule has 2 aromatic rings. The molecule has 1 saturated heterocycles. The number of ether oxygens (including phenoxy) is 2. The minimum absolute atomic E-state index is 0.193. The first kappa shape index (κ1) is 24.1. The van der Waals surface area contributed by atoms with Gasteiger partial charge in [-0.15, -0.1) is 0 Å². The van der Waals surface area contributed by atoms with E-state index in [1.807, 2.05) is 39.0 Å². The molecule has 7 nitrogen and oxygen atoms in total. The third-order valence-corrected chi connectivity index (χ3v) is 7.53. The summed E-state index contributed by atoms with van der Waals surface area (Å²) in [6.45, 7) is 7.68. The highest BCUT2D eigenvalue weighted by atomic mass is 32.2. The number of carbonyl (C=O) groups is 1. The van der Waals surface area contributed by atoms with Crippen molar-refractivity contribution in [3.05, 3.63) is 53.6 Å². The van der Waals surface area contributed by atoms with Gasteiger partial charge in [0.25, 0.3) is 5.91 Å². The standard InChI is InChI=1S/C24H32N2O5S/c1-4-23(31-21-8-7-18(2)19(3)17-21)24(27)25-13-16-30-20-9-11-22(12-10-20)32(28,29)26-14-5-6-15-26/h7-12,17,23H,4-6,13-16H2,1-3H3,(H,25,27)/t23-/m0/s1. The highest BCUT2D eigenvalue weighted by Crippen LogP contribution is 2.23. The fraction of sp³-hybridized carbons (Fsp3) is 0.458. The Hall–Kier alpha value is -2.58. The first-order valence-corrected chi connectivity index (χ1v) is 12.5. The maximum atomic E-state index is 12.6. The lowest BCUT2D eigenvalue weighted by Gasteiger charge is -2.18. The topological polar surface area (TPSA) is 84.9 Å². The predicted molar refractivity (Wildman–Crippen MR) is 124 cm³/mol. The Morgan fingerprint density at radius 1 is 1.03 bits per heavy atom. The Kier molecular flexibility index (Phi) is 8.15. The number of benzene rings is 2. The molecule has 0 saturated carbocycles. The first-order chi connectivity index (χ1) is 15.3. The summed E-state index contributed by atoms with van der Waals surface area (Å²) in [4.78, 5) is 12.7. The second kappa shape index (κ2) is 10.8. The molecule has 32 heavy (non-hydrogen) atoms. The minimum Gasteiger partial charge on any atom is -0.492 e. The van der Waals surface area contributed by atoms with E-state index in [2.05, 4.69) is 5.32 Å². The van der Waals surface area contributed by atoms with Gasteiger partial charge >= 0.3 is 0 Å². The average Bonchev–Trinajstić information content (AvgIpc) is 3.33. The Bertz CT molecular complexity index is 1020. The summed E-state index contributed by atoms with van der Waals surface area (Å²) in [7, 11) is -3.43. The number of sulfonamides is 1. The number of rotatable bonds is 10. The van der Waals surface area contributed by atoms with Gasteiger partial charge in [0.05, 0.1) is 11.4 Å².